The van der Waals surface area contributed by atoms with Crippen molar-refractivity contribution in [1.82, 2.24) is 4.98 Å². The third-order valence-electron chi connectivity index (χ3n) is 5.46. The van der Waals surface area contributed by atoms with Crippen molar-refractivity contribution < 1.29 is 28.2 Å². The molecule has 7 heteroatoms. The molecule has 6 nitrogen and oxygen atoms in total. The second kappa shape index (κ2) is 11.7. The minimum absolute atomic E-state index is 0.0355. The van der Waals surface area contributed by atoms with Crippen molar-refractivity contribution in [2.24, 2.45) is 0 Å². The molecule has 0 aliphatic rings. The third kappa shape index (κ3) is 6.22. The molecule has 0 radical (unpaired) electrons. The van der Waals surface area contributed by atoms with Gasteiger partial charge in [0.05, 0.1) is 22.4 Å². The zero-order chi connectivity index (χ0) is 28.0. The molecule has 0 aliphatic carbocycles. The Morgan fingerprint density at radius 3 is 2.78 bits per heavy atom. The van der Waals surface area contributed by atoms with Gasteiger partial charge in [-0.2, -0.15) is 0 Å². The highest BCUT2D eigenvalue weighted by molar-refractivity contribution is 6.31. The monoisotopic (exact) mass is 506 g/mol. The summed E-state index contributed by atoms with van der Waals surface area (Å²) in [7, 11) is -2.70. The zero-order valence-electron chi connectivity index (χ0n) is 22.5. The van der Waals surface area contributed by atoms with Crippen molar-refractivity contribution in [2.45, 2.75) is 13.0 Å². The molecular formula is C29H26ClNO5. The number of fused-ring (bicyclic) bond motifs is 1. The molecular weight excluding hydrogens is 478 g/mol. The van der Waals surface area contributed by atoms with E-state index in [1.165, 1.54) is 12.1 Å². The van der Waals surface area contributed by atoms with Crippen LogP contribution < -0.4 is 9.47 Å². The van der Waals surface area contributed by atoms with Gasteiger partial charge in [0.1, 0.15) is 29.8 Å². The van der Waals surface area contributed by atoms with Crippen LogP contribution in [0.2, 0.25) is 5.02 Å². The number of benzene rings is 3. The molecule has 4 aromatic rings. The Morgan fingerprint density at radius 1 is 1.11 bits per heavy atom. The van der Waals surface area contributed by atoms with Crippen LogP contribution >= 0.6 is 11.6 Å². The van der Waals surface area contributed by atoms with Crippen molar-refractivity contribution in [3.63, 3.8) is 0 Å². The molecule has 0 unspecified atom stereocenters. The minimum Gasteiger partial charge on any atom is -0.497 e. The first-order valence-corrected chi connectivity index (χ1v) is 11.6. The first kappa shape index (κ1) is 21.4. The number of carboxylic acid groups (broad SMARTS) is 1. The van der Waals surface area contributed by atoms with Gasteiger partial charge in [-0.3, -0.25) is 0 Å². The van der Waals surface area contributed by atoms with Gasteiger partial charge in [0.25, 0.3) is 0 Å². The molecule has 0 saturated carbocycles. The predicted molar refractivity (Wildman–Crippen MR) is 142 cm³/mol. The van der Waals surface area contributed by atoms with E-state index < -0.39 is 19.1 Å². The fraction of sp³-hybridized carbons (Fsp3) is 0.172. The number of methoxy groups -OCH3 is 1. The van der Waals surface area contributed by atoms with Gasteiger partial charge in [-0.25, -0.2) is 9.78 Å². The van der Waals surface area contributed by atoms with Crippen molar-refractivity contribution >= 4 is 40.6 Å². The van der Waals surface area contributed by atoms with Crippen LogP contribution in [0.25, 0.3) is 23.1 Å². The summed E-state index contributed by atoms with van der Waals surface area (Å²) >= 11 is 6.10. The summed E-state index contributed by atoms with van der Waals surface area (Å²) in [5.74, 6) is -1.29. The van der Waals surface area contributed by atoms with Crippen molar-refractivity contribution in [3.8, 4) is 11.5 Å². The van der Waals surface area contributed by atoms with E-state index in [1.807, 2.05) is 73.7 Å². The molecule has 1 atom stereocenters. The lowest BCUT2D eigenvalue weighted by Crippen LogP contribution is -2.15. The summed E-state index contributed by atoms with van der Waals surface area (Å²) in [6.45, 7) is 2.31. The summed E-state index contributed by atoms with van der Waals surface area (Å²) in [6.07, 6.45) is 3.37. The Kier molecular flexibility index (Phi) is 6.96. The smallest absolute Gasteiger partial charge is 0.339 e. The summed E-state index contributed by atoms with van der Waals surface area (Å²) in [4.78, 5) is 16.4. The number of pyridine rings is 1. The third-order valence-corrected chi connectivity index (χ3v) is 5.70. The van der Waals surface area contributed by atoms with Gasteiger partial charge in [0.2, 0.25) is 0 Å². The summed E-state index contributed by atoms with van der Waals surface area (Å²) in [5, 5.41) is 11.2. The van der Waals surface area contributed by atoms with Gasteiger partial charge in [0, 0.05) is 17.0 Å². The largest absolute Gasteiger partial charge is 0.497 e. The topological polar surface area (TPSA) is 77.9 Å². The van der Waals surface area contributed by atoms with Crippen LogP contribution in [0.1, 0.15) is 44.3 Å². The second-order valence-electron chi connectivity index (χ2n) is 7.90. The second-order valence-corrected chi connectivity index (χ2v) is 8.33. The average Bonchev–Trinajstić information content (AvgIpc) is 2.89. The van der Waals surface area contributed by atoms with Gasteiger partial charge in [-0.15, -0.1) is 0 Å². The molecule has 0 saturated heterocycles. The number of carbonyl (C=O) groups is 1. The van der Waals surface area contributed by atoms with Gasteiger partial charge < -0.3 is 19.3 Å². The molecule has 36 heavy (non-hydrogen) atoms. The van der Waals surface area contributed by atoms with Crippen LogP contribution in [0.3, 0.4) is 0 Å². The maximum atomic E-state index is 11.8. The summed E-state index contributed by atoms with van der Waals surface area (Å²) < 4.78 is 38.2. The Morgan fingerprint density at radius 2 is 1.97 bits per heavy atom. The van der Waals surface area contributed by atoms with Crippen LogP contribution in [0.15, 0.2) is 72.8 Å². The van der Waals surface area contributed by atoms with E-state index in [4.69, 9.17) is 29.9 Å². The van der Waals surface area contributed by atoms with Gasteiger partial charge in [0.15, 0.2) is 0 Å². The summed E-state index contributed by atoms with van der Waals surface area (Å²) in [5.41, 5.74) is 3.14. The van der Waals surface area contributed by atoms with Crippen LogP contribution in [0, 0.1) is 0 Å². The molecule has 184 valence electrons. The van der Waals surface area contributed by atoms with E-state index in [0.29, 0.717) is 11.6 Å². The van der Waals surface area contributed by atoms with E-state index in [1.54, 1.807) is 0 Å². The molecule has 1 heterocycles. The Hall–Kier alpha value is -3.87. The maximum absolute atomic E-state index is 11.8. The lowest BCUT2D eigenvalue weighted by molar-refractivity contribution is 0.0260. The fourth-order valence-corrected chi connectivity index (χ4v) is 3.88. The first-order chi connectivity index (χ1) is 18.6. The highest BCUT2D eigenvalue weighted by Crippen LogP contribution is 2.27. The molecule has 1 N–H and O–H groups in total. The van der Waals surface area contributed by atoms with Crippen LogP contribution in [-0.2, 0) is 4.74 Å². The molecule has 0 bridgehead atoms. The molecule has 0 aliphatic heterocycles. The molecule has 0 spiro atoms. The molecule has 1 aromatic heterocycles. The SMILES string of the molecule is [2H]C([2H])([2H])Oc1ccc(OC[C@H](OCC)c2cccc(/C=C/c3ccc4ccc(Cl)cc4n3)c2)c(C(=O)O)c1. The number of rotatable bonds is 10. The highest BCUT2D eigenvalue weighted by atomic mass is 35.5. The number of aromatic nitrogens is 1. The van der Waals surface area contributed by atoms with Gasteiger partial charge in [-0.1, -0.05) is 48.0 Å². The lowest BCUT2D eigenvalue weighted by Gasteiger charge is -2.19. The van der Waals surface area contributed by atoms with Gasteiger partial charge >= 0.3 is 5.97 Å². The first-order valence-electron chi connectivity index (χ1n) is 12.8. The van der Waals surface area contributed by atoms with E-state index in [0.717, 1.165) is 33.8 Å². The normalized spacial score (nSPS) is 13.7. The minimum atomic E-state index is -2.70. The van der Waals surface area contributed by atoms with E-state index in [-0.39, 0.29) is 23.7 Å². The average molecular weight is 507 g/mol. The number of carboxylic acids is 1. The van der Waals surface area contributed by atoms with E-state index in [9.17, 15) is 9.90 Å². The number of halogens is 1. The predicted octanol–water partition coefficient (Wildman–Crippen LogP) is 6.92. The van der Waals surface area contributed by atoms with Gasteiger partial charge in [-0.05, 0) is 66.6 Å². The van der Waals surface area contributed by atoms with Crippen molar-refractivity contribution in [3.05, 3.63) is 100 Å². The van der Waals surface area contributed by atoms with Crippen LogP contribution in [0.5, 0.6) is 11.5 Å². The molecule has 4 rings (SSSR count). The number of hydrogen-bond donors (Lipinski definition) is 1. The number of ether oxygens (including phenoxy) is 3. The Labute approximate surface area is 218 Å². The molecule has 3 aromatic carbocycles. The number of nitrogens with zero attached hydrogens (tertiary/aromatic N) is 1. The number of aromatic carboxylic acids is 1. The molecule has 0 fully saturated rings. The van der Waals surface area contributed by atoms with Crippen LogP contribution in [0.4, 0.5) is 0 Å². The van der Waals surface area contributed by atoms with Crippen LogP contribution in [-0.4, -0.2) is 36.3 Å². The molecule has 0 amide bonds. The summed E-state index contributed by atoms with van der Waals surface area (Å²) in [6, 6.07) is 21.1. The zero-order valence-corrected chi connectivity index (χ0v) is 20.2. The Bertz CT molecular complexity index is 1510. The highest BCUT2D eigenvalue weighted by Gasteiger charge is 2.17. The van der Waals surface area contributed by atoms with E-state index in [2.05, 4.69) is 4.98 Å². The van der Waals surface area contributed by atoms with Crippen molar-refractivity contribution in [2.75, 3.05) is 20.3 Å². The van der Waals surface area contributed by atoms with Crippen molar-refractivity contribution in [1.29, 1.82) is 0 Å². The standard InChI is InChI=1S/C29H26ClNO5/c1-3-35-28(18-36-27-14-13-24(34-2)17-25(27)29(32)33)21-6-4-5-19(15-21)7-11-23-12-9-20-8-10-22(30)16-26(20)31-23/h4-17,28H,3,18H2,1-2H3,(H,32,33)/b11-7+/t28-/m0/s1/i2D3. The number of hydrogen-bond acceptors (Lipinski definition) is 5. The Balaban J connectivity index is 1.51. The lowest BCUT2D eigenvalue weighted by atomic mass is 10.1. The fourth-order valence-electron chi connectivity index (χ4n) is 3.72. The quantitative estimate of drug-likeness (QED) is 0.251. The maximum Gasteiger partial charge on any atom is 0.339 e. The van der Waals surface area contributed by atoms with E-state index >= 15 is 0 Å².